The predicted octanol–water partition coefficient (Wildman–Crippen LogP) is 1.77. The number of esters is 1. The van der Waals surface area contributed by atoms with Crippen LogP contribution in [0.1, 0.15) is 12.5 Å². The van der Waals surface area contributed by atoms with Crippen molar-refractivity contribution in [2.24, 2.45) is 5.73 Å². The van der Waals surface area contributed by atoms with E-state index in [0.717, 1.165) is 5.56 Å². The quantitative estimate of drug-likeness (QED) is 0.801. The van der Waals surface area contributed by atoms with Crippen LogP contribution in [-0.2, 0) is 16.0 Å². The van der Waals surface area contributed by atoms with Crippen molar-refractivity contribution in [1.82, 2.24) is 0 Å². The smallest absolute Gasteiger partial charge is 0.325 e. The minimum absolute atomic E-state index is 0.419. The number of hydrogen-bond acceptors (Lipinski definition) is 3. The second kappa shape index (κ2) is 4.64. The largest absolute Gasteiger partial charge is 0.468 e. The van der Waals surface area contributed by atoms with Gasteiger partial charge in [-0.3, -0.25) is 4.79 Å². The summed E-state index contributed by atoms with van der Waals surface area (Å²) in [5.41, 5.74) is 5.79. The first kappa shape index (κ1) is 12.0. The van der Waals surface area contributed by atoms with Crippen LogP contribution in [0.5, 0.6) is 0 Å². The predicted molar refractivity (Wildman–Crippen MR) is 59.8 cm³/mol. The molecule has 3 nitrogen and oxygen atoms in total. The van der Waals surface area contributed by atoms with Gasteiger partial charge in [0, 0.05) is 11.4 Å². The van der Waals surface area contributed by atoms with Crippen molar-refractivity contribution in [3.05, 3.63) is 34.9 Å². The van der Waals surface area contributed by atoms with Crippen molar-refractivity contribution in [3.8, 4) is 0 Å². The number of carbonyl (C=O) groups is 1. The summed E-state index contributed by atoms with van der Waals surface area (Å²) in [6.07, 6.45) is 0.427. The van der Waals surface area contributed by atoms with Crippen LogP contribution in [-0.4, -0.2) is 18.6 Å². The molecule has 0 saturated heterocycles. The van der Waals surface area contributed by atoms with Crippen LogP contribution in [0.4, 0.5) is 0 Å². The molecule has 4 heteroatoms. The number of halogens is 1. The van der Waals surface area contributed by atoms with Crippen LogP contribution in [0.2, 0.25) is 5.02 Å². The van der Waals surface area contributed by atoms with Gasteiger partial charge in [0.2, 0.25) is 0 Å². The second-order valence-corrected chi connectivity index (χ2v) is 4.15. The molecule has 0 saturated carbocycles. The first-order valence-electron chi connectivity index (χ1n) is 4.57. The number of methoxy groups -OCH3 is 1. The molecule has 0 radical (unpaired) electrons. The average Bonchev–Trinajstić information content (AvgIpc) is 2.20. The van der Waals surface area contributed by atoms with Crippen molar-refractivity contribution in [1.29, 1.82) is 0 Å². The molecule has 0 aromatic heterocycles. The zero-order valence-corrected chi connectivity index (χ0v) is 9.54. The Kier molecular flexibility index (Phi) is 3.72. The number of benzene rings is 1. The standard InChI is InChI=1S/C11H14ClNO2/c1-11(13,10(14)15-2)7-8-3-5-9(12)6-4-8/h3-6H,7,13H2,1-2H3. The first-order valence-corrected chi connectivity index (χ1v) is 4.95. The van der Waals surface area contributed by atoms with E-state index >= 15 is 0 Å². The van der Waals surface area contributed by atoms with Crippen molar-refractivity contribution < 1.29 is 9.53 Å². The lowest BCUT2D eigenvalue weighted by Crippen LogP contribution is -2.47. The zero-order chi connectivity index (χ0) is 11.5. The Bertz CT molecular complexity index is 346. The van der Waals surface area contributed by atoms with Gasteiger partial charge < -0.3 is 10.5 Å². The summed E-state index contributed by atoms with van der Waals surface area (Å²) < 4.78 is 4.62. The van der Waals surface area contributed by atoms with E-state index in [4.69, 9.17) is 17.3 Å². The molecule has 0 spiro atoms. The fourth-order valence-corrected chi connectivity index (χ4v) is 1.46. The van der Waals surface area contributed by atoms with E-state index in [2.05, 4.69) is 4.74 Å². The number of rotatable bonds is 3. The summed E-state index contributed by atoms with van der Waals surface area (Å²) in [6, 6.07) is 7.22. The molecule has 0 amide bonds. The van der Waals surface area contributed by atoms with Crippen LogP contribution in [0.25, 0.3) is 0 Å². The lowest BCUT2D eigenvalue weighted by atomic mass is 9.94. The Morgan fingerprint density at radius 2 is 2.00 bits per heavy atom. The molecule has 2 N–H and O–H groups in total. The van der Waals surface area contributed by atoms with Crippen molar-refractivity contribution in [2.75, 3.05) is 7.11 Å². The zero-order valence-electron chi connectivity index (χ0n) is 8.79. The highest BCUT2D eigenvalue weighted by Crippen LogP contribution is 2.15. The van der Waals surface area contributed by atoms with Gasteiger partial charge in [-0.15, -0.1) is 0 Å². The third kappa shape index (κ3) is 3.22. The summed E-state index contributed by atoms with van der Waals surface area (Å²) >= 11 is 5.75. The highest BCUT2D eigenvalue weighted by Gasteiger charge is 2.29. The minimum Gasteiger partial charge on any atom is -0.468 e. The van der Waals surface area contributed by atoms with Gasteiger partial charge in [0.1, 0.15) is 5.54 Å². The molecular formula is C11H14ClNO2. The van der Waals surface area contributed by atoms with E-state index in [9.17, 15) is 4.79 Å². The summed E-state index contributed by atoms with van der Waals surface area (Å²) in [5, 5.41) is 0.663. The van der Waals surface area contributed by atoms with Gasteiger partial charge in [-0.05, 0) is 24.6 Å². The monoisotopic (exact) mass is 227 g/mol. The van der Waals surface area contributed by atoms with Crippen LogP contribution in [0.3, 0.4) is 0 Å². The van der Waals surface area contributed by atoms with Gasteiger partial charge in [-0.25, -0.2) is 0 Å². The van der Waals surface area contributed by atoms with Gasteiger partial charge in [0.15, 0.2) is 0 Å². The highest BCUT2D eigenvalue weighted by molar-refractivity contribution is 6.30. The van der Waals surface area contributed by atoms with Crippen molar-refractivity contribution >= 4 is 17.6 Å². The van der Waals surface area contributed by atoms with Gasteiger partial charge in [0.05, 0.1) is 7.11 Å². The highest BCUT2D eigenvalue weighted by atomic mass is 35.5. The van der Waals surface area contributed by atoms with Gasteiger partial charge in [-0.2, -0.15) is 0 Å². The maximum Gasteiger partial charge on any atom is 0.325 e. The molecule has 1 aromatic carbocycles. The molecule has 15 heavy (non-hydrogen) atoms. The average molecular weight is 228 g/mol. The van der Waals surface area contributed by atoms with Crippen LogP contribution < -0.4 is 5.73 Å². The van der Waals surface area contributed by atoms with E-state index < -0.39 is 11.5 Å². The van der Waals surface area contributed by atoms with Crippen LogP contribution in [0.15, 0.2) is 24.3 Å². The summed E-state index contributed by atoms with van der Waals surface area (Å²) in [4.78, 5) is 11.3. The molecule has 0 aliphatic heterocycles. The normalized spacial score (nSPS) is 14.4. The van der Waals surface area contributed by atoms with E-state index in [1.807, 2.05) is 12.1 Å². The van der Waals surface area contributed by atoms with Crippen LogP contribution in [0, 0.1) is 0 Å². The Morgan fingerprint density at radius 1 is 1.47 bits per heavy atom. The number of carbonyl (C=O) groups excluding carboxylic acids is 1. The minimum atomic E-state index is -0.997. The second-order valence-electron chi connectivity index (χ2n) is 3.71. The van der Waals surface area contributed by atoms with Crippen molar-refractivity contribution in [3.63, 3.8) is 0 Å². The first-order chi connectivity index (χ1) is 6.95. The third-order valence-corrected chi connectivity index (χ3v) is 2.39. The maximum absolute atomic E-state index is 11.3. The molecule has 0 aliphatic rings. The molecule has 0 heterocycles. The molecule has 1 rings (SSSR count). The molecule has 0 fully saturated rings. The maximum atomic E-state index is 11.3. The third-order valence-electron chi connectivity index (χ3n) is 2.14. The summed E-state index contributed by atoms with van der Waals surface area (Å²) in [6.45, 7) is 1.65. The van der Waals surface area contributed by atoms with Gasteiger partial charge in [-0.1, -0.05) is 23.7 Å². The Morgan fingerprint density at radius 3 is 2.47 bits per heavy atom. The SMILES string of the molecule is COC(=O)C(C)(N)Cc1ccc(Cl)cc1. The van der Waals surface area contributed by atoms with E-state index in [0.29, 0.717) is 11.4 Å². The van der Waals surface area contributed by atoms with Gasteiger partial charge in [0.25, 0.3) is 0 Å². The van der Waals surface area contributed by atoms with Gasteiger partial charge >= 0.3 is 5.97 Å². The molecule has 0 aliphatic carbocycles. The Balaban J connectivity index is 2.77. The summed E-state index contributed by atoms with van der Waals surface area (Å²) in [5.74, 6) is -0.419. The number of nitrogens with two attached hydrogens (primary N) is 1. The number of hydrogen-bond donors (Lipinski definition) is 1. The molecule has 0 bridgehead atoms. The van der Waals surface area contributed by atoms with E-state index in [1.165, 1.54) is 7.11 Å². The van der Waals surface area contributed by atoms with E-state index in [1.54, 1.807) is 19.1 Å². The lowest BCUT2D eigenvalue weighted by molar-refractivity contribution is -0.146. The Labute approximate surface area is 94.2 Å². The van der Waals surface area contributed by atoms with Crippen LogP contribution >= 0.6 is 11.6 Å². The van der Waals surface area contributed by atoms with Crippen molar-refractivity contribution in [2.45, 2.75) is 18.9 Å². The molecule has 1 aromatic rings. The summed E-state index contributed by atoms with van der Waals surface area (Å²) in [7, 11) is 1.33. The van der Waals surface area contributed by atoms with E-state index in [-0.39, 0.29) is 0 Å². The fraction of sp³-hybridized carbons (Fsp3) is 0.364. The molecular weight excluding hydrogens is 214 g/mol. The fourth-order valence-electron chi connectivity index (χ4n) is 1.33. The Hall–Kier alpha value is -1.06. The molecule has 1 atom stereocenters. The number of ether oxygens (including phenoxy) is 1. The molecule has 82 valence electrons. The molecule has 1 unspecified atom stereocenters. The lowest BCUT2D eigenvalue weighted by Gasteiger charge is -2.21. The topological polar surface area (TPSA) is 52.3 Å².